The molecule has 14 heavy (non-hydrogen) atoms. The number of rotatable bonds is 4. The predicted octanol–water partition coefficient (Wildman–Crippen LogP) is 1.36. The van der Waals surface area contributed by atoms with Gasteiger partial charge in [0.1, 0.15) is 5.82 Å². The number of aromatic amines is 1. The first-order valence-corrected chi connectivity index (χ1v) is 4.77. The number of nitriles is 1. The minimum absolute atomic E-state index is 0.0985. The summed E-state index contributed by atoms with van der Waals surface area (Å²) in [5.74, 6) is 1.23. The molecule has 0 saturated carbocycles. The van der Waals surface area contributed by atoms with Gasteiger partial charge >= 0.3 is 0 Å². The summed E-state index contributed by atoms with van der Waals surface area (Å²) >= 11 is 0. The van der Waals surface area contributed by atoms with Gasteiger partial charge in [0.25, 0.3) is 0 Å². The van der Waals surface area contributed by atoms with E-state index in [0.717, 1.165) is 11.5 Å². The minimum Gasteiger partial charge on any atom is -0.345 e. The quantitative estimate of drug-likeness (QED) is 0.757. The van der Waals surface area contributed by atoms with Crippen molar-refractivity contribution in [1.29, 1.82) is 5.26 Å². The lowest BCUT2D eigenvalue weighted by Gasteiger charge is -2.13. The second-order valence-electron chi connectivity index (χ2n) is 3.73. The highest BCUT2D eigenvalue weighted by Crippen LogP contribution is 2.02. The van der Waals surface area contributed by atoms with Crippen LogP contribution in [0.4, 0.5) is 0 Å². The largest absolute Gasteiger partial charge is 0.345 e. The van der Waals surface area contributed by atoms with Crippen LogP contribution < -0.4 is 5.32 Å². The maximum Gasteiger partial charge on any atom is 0.103 e. The van der Waals surface area contributed by atoms with Crippen molar-refractivity contribution in [3.63, 3.8) is 0 Å². The molecule has 0 fully saturated rings. The number of hydrogen-bond acceptors (Lipinski definition) is 3. The molecule has 1 aromatic rings. The van der Waals surface area contributed by atoms with Crippen molar-refractivity contribution >= 4 is 0 Å². The topological polar surface area (TPSA) is 64.5 Å². The molecule has 0 saturated heterocycles. The van der Waals surface area contributed by atoms with Gasteiger partial charge < -0.3 is 4.98 Å². The molecule has 1 unspecified atom stereocenters. The van der Waals surface area contributed by atoms with E-state index in [1.807, 2.05) is 20.8 Å². The van der Waals surface area contributed by atoms with Gasteiger partial charge in [0.05, 0.1) is 12.1 Å². The van der Waals surface area contributed by atoms with Crippen molar-refractivity contribution in [3.05, 3.63) is 17.7 Å². The zero-order valence-corrected chi connectivity index (χ0v) is 8.83. The Labute approximate surface area is 84.4 Å². The monoisotopic (exact) mass is 192 g/mol. The van der Waals surface area contributed by atoms with Crippen molar-refractivity contribution < 1.29 is 0 Å². The van der Waals surface area contributed by atoms with Crippen molar-refractivity contribution in [1.82, 2.24) is 15.3 Å². The molecule has 4 nitrogen and oxygen atoms in total. The van der Waals surface area contributed by atoms with Gasteiger partial charge in [-0.1, -0.05) is 13.8 Å². The number of nitrogens with one attached hydrogen (secondary N) is 2. The number of aryl methyl sites for hydroxylation is 1. The van der Waals surface area contributed by atoms with Gasteiger partial charge in [-0.2, -0.15) is 5.26 Å². The van der Waals surface area contributed by atoms with E-state index in [0.29, 0.717) is 12.5 Å². The van der Waals surface area contributed by atoms with Gasteiger partial charge in [-0.15, -0.1) is 0 Å². The molecule has 1 aromatic heterocycles. The fourth-order valence-electron chi connectivity index (χ4n) is 1.21. The maximum absolute atomic E-state index is 8.84. The smallest absolute Gasteiger partial charge is 0.103 e. The third-order valence-electron chi connectivity index (χ3n) is 2.07. The van der Waals surface area contributed by atoms with Gasteiger partial charge in [-0.25, -0.2) is 4.98 Å². The van der Waals surface area contributed by atoms with Crippen molar-refractivity contribution in [3.8, 4) is 6.07 Å². The highest BCUT2D eigenvalue weighted by molar-refractivity contribution is 5.01. The first-order valence-electron chi connectivity index (χ1n) is 4.77. The third kappa shape index (κ3) is 2.86. The fourth-order valence-corrected chi connectivity index (χ4v) is 1.21. The molecule has 0 spiro atoms. The summed E-state index contributed by atoms with van der Waals surface area (Å²) in [5, 5.41) is 12.0. The van der Waals surface area contributed by atoms with Crippen molar-refractivity contribution in [2.45, 2.75) is 33.4 Å². The van der Waals surface area contributed by atoms with E-state index in [1.54, 1.807) is 6.20 Å². The fraction of sp³-hybridized carbons (Fsp3) is 0.600. The van der Waals surface area contributed by atoms with Crippen LogP contribution in [0.15, 0.2) is 6.20 Å². The summed E-state index contributed by atoms with van der Waals surface area (Å²) < 4.78 is 0. The first-order chi connectivity index (χ1) is 6.63. The lowest BCUT2D eigenvalue weighted by Crippen LogP contribution is -2.31. The summed E-state index contributed by atoms with van der Waals surface area (Å²) in [6, 6.07) is 2.13. The Kier molecular flexibility index (Phi) is 3.66. The van der Waals surface area contributed by atoms with Crippen LogP contribution in [-0.4, -0.2) is 16.0 Å². The van der Waals surface area contributed by atoms with E-state index >= 15 is 0 Å². The molecule has 0 aliphatic carbocycles. The van der Waals surface area contributed by atoms with Gasteiger partial charge in [0.2, 0.25) is 0 Å². The van der Waals surface area contributed by atoms with E-state index < -0.39 is 0 Å². The highest BCUT2D eigenvalue weighted by Gasteiger charge is 2.11. The van der Waals surface area contributed by atoms with Gasteiger partial charge in [0.15, 0.2) is 0 Å². The zero-order valence-electron chi connectivity index (χ0n) is 8.83. The van der Waals surface area contributed by atoms with E-state index in [2.05, 4.69) is 21.4 Å². The van der Waals surface area contributed by atoms with Crippen molar-refractivity contribution in [2.24, 2.45) is 5.92 Å². The second kappa shape index (κ2) is 4.77. The summed E-state index contributed by atoms with van der Waals surface area (Å²) in [6.45, 7) is 6.63. The van der Waals surface area contributed by atoms with Crippen molar-refractivity contribution in [2.75, 3.05) is 0 Å². The number of hydrogen-bond donors (Lipinski definition) is 2. The Balaban J connectivity index is 2.44. The van der Waals surface area contributed by atoms with Crippen LogP contribution in [0.25, 0.3) is 0 Å². The number of imidazole rings is 1. The average Bonchev–Trinajstić information content (AvgIpc) is 2.52. The van der Waals surface area contributed by atoms with Gasteiger partial charge in [-0.3, -0.25) is 5.32 Å². The number of nitrogens with zero attached hydrogens (tertiary/aromatic N) is 2. The molecule has 0 aliphatic rings. The summed E-state index contributed by atoms with van der Waals surface area (Å²) in [6.07, 6.45) is 1.79. The molecule has 76 valence electrons. The second-order valence-corrected chi connectivity index (χ2v) is 3.73. The molecule has 4 heteroatoms. The van der Waals surface area contributed by atoms with Crippen LogP contribution in [0, 0.1) is 24.2 Å². The molecule has 0 bridgehead atoms. The SMILES string of the molecule is Cc1ncc(CNC(C#N)C(C)C)[nH]1. The molecular formula is C10H16N4. The van der Waals surface area contributed by atoms with Crippen LogP contribution in [-0.2, 0) is 6.54 Å². The molecular weight excluding hydrogens is 176 g/mol. The predicted molar refractivity (Wildman–Crippen MR) is 54.4 cm³/mol. The first kappa shape index (κ1) is 10.7. The Morgan fingerprint density at radius 1 is 1.64 bits per heavy atom. The maximum atomic E-state index is 8.84. The molecule has 1 atom stereocenters. The number of H-pyrrole nitrogens is 1. The van der Waals surface area contributed by atoms with Crippen LogP contribution in [0.5, 0.6) is 0 Å². The highest BCUT2D eigenvalue weighted by atomic mass is 15.0. The van der Waals surface area contributed by atoms with E-state index in [4.69, 9.17) is 5.26 Å². The Hall–Kier alpha value is -1.34. The molecule has 0 radical (unpaired) electrons. The standard InChI is InChI=1S/C10H16N4/c1-7(2)10(4-11)13-6-9-5-12-8(3)14-9/h5,7,10,13H,6H2,1-3H3,(H,12,14). The molecule has 0 aliphatic heterocycles. The van der Waals surface area contributed by atoms with E-state index in [-0.39, 0.29) is 6.04 Å². The third-order valence-corrected chi connectivity index (χ3v) is 2.07. The lowest BCUT2D eigenvalue weighted by atomic mass is 10.1. The lowest BCUT2D eigenvalue weighted by molar-refractivity contribution is 0.469. The van der Waals surface area contributed by atoms with Crippen LogP contribution in [0.3, 0.4) is 0 Å². The van der Waals surface area contributed by atoms with Crippen LogP contribution in [0.2, 0.25) is 0 Å². The Morgan fingerprint density at radius 3 is 2.79 bits per heavy atom. The normalized spacial score (nSPS) is 12.8. The molecule has 0 aromatic carbocycles. The Bertz CT molecular complexity index is 321. The van der Waals surface area contributed by atoms with Crippen LogP contribution >= 0.6 is 0 Å². The number of aromatic nitrogens is 2. The molecule has 1 rings (SSSR count). The zero-order chi connectivity index (χ0) is 10.6. The Morgan fingerprint density at radius 2 is 2.36 bits per heavy atom. The molecule has 1 heterocycles. The van der Waals surface area contributed by atoms with Gasteiger partial charge in [0, 0.05) is 18.4 Å². The molecule has 2 N–H and O–H groups in total. The summed E-state index contributed by atoms with van der Waals surface area (Å²) in [5.41, 5.74) is 1.02. The van der Waals surface area contributed by atoms with E-state index in [1.165, 1.54) is 0 Å². The molecule has 0 amide bonds. The summed E-state index contributed by atoms with van der Waals surface area (Å²) in [7, 11) is 0. The summed E-state index contributed by atoms with van der Waals surface area (Å²) in [4.78, 5) is 7.20. The minimum atomic E-state index is -0.0985. The van der Waals surface area contributed by atoms with E-state index in [9.17, 15) is 0 Å². The average molecular weight is 192 g/mol. The van der Waals surface area contributed by atoms with Crippen LogP contribution in [0.1, 0.15) is 25.4 Å². The van der Waals surface area contributed by atoms with Gasteiger partial charge in [-0.05, 0) is 12.8 Å².